The van der Waals surface area contributed by atoms with Crippen molar-refractivity contribution in [2.24, 2.45) is 0 Å². The molecule has 0 unspecified atom stereocenters. The van der Waals surface area contributed by atoms with Gasteiger partial charge in [0.2, 0.25) is 0 Å². The number of rotatable bonds is 4. The number of hydrogen-bond donors (Lipinski definition) is 0. The molecule has 0 aliphatic heterocycles. The van der Waals surface area contributed by atoms with E-state index in [0.717, 1.165) is 5.56 Å². The predicted molar refractivity (Wildman–Crippen MR) is 79.8 cm³/mol. The number of benzene rings is 2. The number of hydrogen-bond acceptors (Lipinski definition) is 2. The van der Waals surface area contributed by atoms with Crippen LogP contribution in [-0.2, 0) is 4.79 Å². The number of halogens is 2. The van der Waals surface area contributed by atoms with E-state index in [1.807, 2.05) is 36.4 Å². The molecule has 19 heavy (non-hydrogen) atoms. The Balaban J connectivity index is 2.03. The van der Waals surface area contributed by atoms with Crippen molar-refractivity contribution in [2.75, 3.05) is 0 Å². The van der Waals surface area contributed by atoms with E-state index in [2.05, 4.69) is 15.9 Å². The summed E-state index contributed by atoms with van der Waals surface area (Å²) in [5.41, 5.74) is 0.938. The molecule has 98 valence electrons. The fraction of sp³-hybridized carbons (Fsp3) is 0.133. The smallest absolute Gasteiger partial charge is 0.330 e. The van der Waals surface area contributed by atoms with E-state index in [0.29, 0.717) is 5.75 Å². The quantitative estimate of drug-likeness (QED) is 0.471. The first-order valence-electron chi connectivity index (χ1n) is 5.78. The maximum Gasteiger partial charge on any atom is 0.330 e. The van der Waals surface area contributed by atoms with E-state index >= 15 is 0 Å². The maximum absolute atomic E-state index is 11.9. The van der Waals surface area contributed by atoms with Gasteiger partial charge in [-0.05, 0) is 17.7 Å². The molecule has 0 N–H and O–H groups in total. The summed E-state index contributed by atoms with van der Waals surface area (Å²) in [5.74, 6) is 0.0181. The summed E-state index contributed by atoms with van der Waals surface area (Å²) < 4.78 is 5.22. The SMILES string of the molecule is O=C(Oc1ccccc1)[C@@H](Cl)[C@H](Br)c1ccccc1. The fourth-order valence-electron chi connectivity index (χ4n) is 1.59. The first kappa shape index (κ1) is 14.1. The van der Waals surface area contributed by atoms with Crippen molar-refractivity contribution in [2.45, 2.75) is 10.2 Å². The molecule has 0 aliphatic carbocycles. The van der Waals surface area contributed by atoms with Gasteiger partial charge in [-0.15, -0.1) is 11.6 Å². The molecule has 2 aromatic rings. The minimum atomic E-state index is -0.789. The lowest BCUT2D eigenvalue weighted by Gasteiger charge is -2.15. The number of carbonyl (C=O) groups excluding carboxylic acids is 1. The predicted octanol–water partition coefficient (Wildman–Crippen LogP) is 4.34. The molecular formula is C15H12BrClO2. The van der Waals surface area contributed by atoms with Crippen molar-refractivity contribution in [3.63, 3.8) is 0 Å². The van der Waals surface area contributed by atoms with E-state index < -0.39 is 11.3 Å². The van der Waals surface area contributed by atoms with E-state index in [1.165, 1.54) is 0 Å². The minimum Gasteiger partial charge on any atom is -0.425 e. The Kier molecular flexibility index (Phi) is 5.00. The summed E-state index contributed by atoms with van der Waals surface area (Å²) in [6.07, 6.45) is 0. The van der Waals surface area contributed by atoms with Crippen molar-refractivity contribution in [1.29, 1.82) is 0 Å². The summed E-state index contributed by atoms with van der Waals surface area (Å²) in [4.78, 5) is 11.7. The highest BCUT2D eigenvalue weighted by Crippen LogP contribution is 2.30. The molecule has 0 heterocycles. The summed E-state index contributed by atoms with van der Waals surface area (Å²) in [7, 11) is 0. The molecule has 0 fully saturated rings. The third-order valence-corrected chi connectivity index (χ3v) is 4.35. The molecule has 2 rings (SSSR count). The molecule has 0 saturated carbocycles. The molecule has 0 amide bonds. The Hall–Kier alpha value is -1.32. The van der Waals surface area contributed by atoms with Crippen LogP contribution in [0.5, 0.6) is 5.75 Å². The summed E-state index contributed by atoms with van der Waals surface area (Å²) in [5, 5.41) is -0.789. The number of ether oxygens (including phenoxy) is 1. The second-order valence-electron chi connectivity index (χ2n) is 3.95. The van der Waals surface area contributed by atoms with Crippen molar-refractivity contribution >= 4 is 33.5 Å². The first-order valence-corrected chi connectivity index (χ1v) is 7.13. The lowest BCUT2D eigenvalue weighted by atomic mass is 10.1. The number of esters is 1. The van der Waals surface area contributed by atoms with Crippen LogP contribution in [0.1, 0.15) is 10.4 Å². The van der Waals surface area contributed by atoms with Crippen LogP contribution < -0.4 is 4.74 Å². The molecule has 0 aliphatic rings. The van der Waals surface area contributed by atoms with Crippen LogP contribution in [0.3, 0.4) is 0 Å². The molecule has 0 aromatic heterocycles. The Bertz CT molecular complexity index is 530. The third kappa shape index (κ3) is 3.82. The Morgan fingerprint density at radius 3 is 2.11 bits per heavy atom. The van der Waals surface area contributed by atoms with Crippen LogP contribution in [0.2, 0.25) is 0 Å². The van der Waals surface area contributed by atoms with Gasteiger partial charge in [0.15, 0.2) is 0 Å². The van der Waals surface area contributed by atoms with Gasteiger partial charge in [0, 0.05) is 0 Å². The van der Waals surface area contributed by atoms with Gasteiger partial charge in [0.05, 0.1) is 4.83 Å². The van der Waals surface area contributed by atoms with Crippen molar-refractivity contribution < 1.29 is 9.53 Å². The van der Waals surface area contributed by atoms with Gasteiger partial charge in [-0.1, -0.05) is 64.5 Å². The lowest BCUT2D eigenvalue weighted by Crippen LogP contribution is -2.24. The summed E-state index contributed by atoms with van der Waals surface area (Å²) in [6.45, 7) is 0. The molecule has 2 atom stereocenters. The highest BCUT2D eigenvalue weighted by molar-refractivity contribution is 9.09. The number of alkyl halides is 2. The number of carbonyl (C=O) groups is 1. The van der Waals surface area contributed by atoms with Gasteiger partial charge in [-0.2, -0.15) is 0 Å². The minimum absolute atomic E-state index is 0.286. The van der Waals surface area contributed by atoms with Crippen LogP contribution in [-0.4, -0.2) is 11.3 Å². The normalized spacial score (nSPS) is 13.6. The summed E-state index contributed by atoms with van der Waals surface area (Å²) in [6, 6.07) is 18.4. The Morgan fingerprint density at radius 2 is 1.53 bits per heavy atom. The molecular weight excluding hydrogens is 328 g/mol. The number of para-hydroxylation sites is 1. The van der Waals surface area contributed by atoms with E-state index in [9.17, 15) is 4.79 Å². The Morgan fingerprint density at radius 1 is 1.00 bits per heavy atom. The monoisotopic (exact) mass is 338 g/mol. The first-order chi connectivity index (χ1) is 9.18. The highest BCUT2D eigenvalue weighted by Gasteiger charge is 2.27. The van der Waals surface area contributed by atoms with Gasteiger partial charge in [0.25, 0.3) is 0 Å². The molecule has 4 heteroatoms. The average Bonchev–Trinajstić information content (AvgIpc) is 2.47. The van der Waals surface area contributed by atoms with Gasteiger partial charge in [0.1, 0.15) is 11.1 Å². The molecule has 0 radical (unpaired) electrons. The highest BCUT2D eigenvalue weighted by atomic mass is 79.9. The van der Waals surface area contributed by atoms with Crippen LogP contribution in [0.25, 0.3) is 0 Å². The van der Waals surface area contributed by atoms with Crippen LogP contribution in [0.15, 0.2) is 60.7 Å². The zero-order valence-corrected chi connectivity index (χ0v) is 12.3. The van der Waals surface area contributed by atoms with Gasteiger partial charge in [-0.25, -0.2) is 4.79 Å². The molecule has 0 saturated heterocycles. The van der Waals surface area contributed by atoms with E-state index in [4.69, 9.17) is 16.3 Å². The van der Waals surface area contributed by atoms with Crippen molar-refractivity contribution in [3.8, 4) is 5.75 Å². The lowest BCUT2D eigenvalue weighted by molar-refractivity contribution is -0.133. The van der Waals surface area contributed by atoms with Crippen molar-refractivity contribution in [1.82, 2.24) is 0 Å². The van der Waals surface area contributed by atoms with Crippen molar-refractivity contribution in [3.05, 3.63) is 66.2 Å². The second-order valence-corrected chi connectivity index (χ2v) is 5.41. The molecule has 0 bridgehead atoms. The Labute approximate surface area is 125 Å². The van der Waals surface area contributed by atoms with Crippen LogP contribution >= 0.6 is 27.5 Å². The zero-order chi connectivity index (χ0) is 13.7. The summed E-state index contributed by atoms with van der Waals surface area (Å²) >= 11 is 9.58. The molecule has 0 spiro atoms. The van der Waals surface area contributed by atoms with Crippen LogP contribution in [0.4, 0.5) is 0 Å². The molecule has 2 nitrogen and oxygen atoms in total. The molecule has 2 aromatic carbocycles. The van der Waals surface area contributed by atoms with Gasteiger partial charge < -0.3 is 4.74 Å². The third-order valence-electron chi connectivity index (χ3n) is 2.56. The average molecular weight is 340 g/mol. The van der Waals surface area contributed by atoms with E-state index in [1.54, 1.807) is 24.3 Å². The largest absolute Gasteiger partial charge is 0.425 e. The standard InChI is InChI=1S/C15H12BrClO2/c16-13(11-7-3-1-4-8-11)14(17)15(18)19-12-9-5-2-6-10-12/h1-10,13-14H/t13-,14+/m1/s1. The zero-order valence-electron chi connectivity index (χ0n) is 10.0. The van der Waals surface area contributed by atoms with Gasteiger partial charge in [-0.3, -0.25) is 0 Å². The van der Waals surface area contributed by atoms with E-state index in [-0.39, 0.29) is 4.83 Å². The van der Waals surface area contributed by atoms with Gasteiger partial charge >= 0.3 is 5.97 Å². The topological polar surface area (TPSA) is 26.3 Å². The second kappa shape index (κ2) is 6.73. The maximum atomic E-state index is 11.9. The fourth-order valence-corrected chi connectivity index (χ4v) is 2.30. The van der Waals surface area contributed by atoms with Crippen LogP contribution in [0, 0.1) is 0 Å².